The third-order valence-electron chi connectivity index (χ3n) is 2.09. The van der Waals surface area contributed by atoms with E-state index >= 15 is 0 Å². The lowest BCUT2D eigenvalue weighted by atomic mass is 10.5. The average molecular weight is 286 g/mol. The van der Waals surface area contributed by atoms with Crippen molar-refractivity contribution in [3.05, 3.63) is 22.4 Å². The number of hydrogen-bond acceptors (Lipinski definition) is 5. The van der Waals surface area contributed by atoms with Crippen LogP contribution in [0.2, 0.25) is 5.15 Å². The van der Waals surface area contributed by atoms with Crippen molar-refractivity contribution in [1.29, 1.82) is 0 Å². The maximum absolute atomic E-state index is 11.4. The summed E-state index contributed by atoms with van der Waals surface area (Å²) in [6.07, 6.45) is 3.34. The van der Waals surface area contributed by atoms with Gasteiger partial charge in [0.2, 0.25) is 0 Å². The molecule has 0 unspecified atom stereocenters. The maximum atomic E-state index is 11.4. The van der Waals surface area contributed by atoms with Gasteiger partial charge < -0.3 is 4.90 Å². The molecule has 0 aliphatic rings. The van der Waals surface area contributed by atoms with Crippen molar-refractivity contribution in [3.63, 3.8) is 0 Å². The SMILES string of the molecule is CN(C)CC(=O)N/N=C/c1c(Cl)nc2sccn12. The third kappa shape index (κ3) is 2.87. The first kappa shape index (κ1) is 13.0. The average Bonchev–Trinajstić information content (AvgIpc) is 2.80. The number of hydrogen-bond donors (Lipinski definition) is 1. The van der Waals surface area contributed by atoms with Crippen molar-refractivity contribution in [2.75, 3.05) is 20.6 Å². The number of fused-ring (bicyclic) bond motifs is 1. The Hall–Kier alpha value is -1.44. The summed E-state index contributed by atoms with van der Waals surface area (Å²) in [5.74, 6) is -0.182. The highest BCUT2D eigenvalue weighted by Crippen LogP contribution is 2.19. The quantitative estimate of drug-likeness (QED) is 0.675. The highest BCUT2D eigenvalue weighted by Gasteiger charge is 2.09. The number of carbonyl (C=O) groups is 1. The van der Waals surface area contributed by atoms with Crippen molar-refractivity contribution >= 4 is 40.0 Å². The minimum atomic E-state index is -0.182. The Bertz CT molecular complexity index is 588. The fraction of sp³-hybridized carbons (Fsp3) is 0.300. The Morgan fingerprint density at radius 2 is 2.50 bits per heavy atom. The summed E-state index contributed by atoms with van der Waals surface area (Å²) in [6, 6.07) is 0. The van der Waals surface area contributed by atoms with E-state index in [4.69, 9.17) is 11.6 Å². The summed E-state index contributed by atoms with van der Waals surface area (Å²) in [7, 11) is 3.62. The normalized spacial score (nSPS) is 11.8. The van der Waals surface area contributed by atoms with Gasteiger partial charge in [-0.25, -0.2) is 10.4 Å². The first-order chi connectivity index (χ1) is 8.58. The van der Waals surface area contributed by atoms with Crippen LogP contribution in [0.15, 0.2) is 16.7 Å². The molecule has 8 heteroatoms. The van der Waals surface area contributed by atoms with Gasteiger partial charge >= 0.3 is 0 Å². The molecule has 0 atom stereocenters. The molecule has 18 heavy (non-hydrogen) atoms. The van der Waals surface area contributed by atoms with Gasteiger partial charge in [0.05, 0.1) is 12.8 Å². The second-order valence-electron chi connectivity index (χ2n) is 3.87. The lowest BCUT2D eigenvalue weighted by Crippen LogP contribution is -2.30. The van der Waals surface area contributed by atoms with Crippen LogP contribution in [0.25, 0.3) is 4.96 Å². The Morgan fingerprint density at radius 3 is 3.22 bits per heavy atom. The number of imidazole rings is 1. The first-order valence-electron chi connectivity index (χ1n) is 5.15. The van der Waals surface area contributed by atoms with Crippen LogP contribution in [0, 0.1) is 0 Å². The molecule has 1 amide bonds. The van der Waals surface area contributed by atoms with Crippen LogP contribution < -0.4 is 5.43 Å². The van der Waals surface area contributed by atoms with E-state index < -0.39 is 0 Å². The summed E-state index contributed by atoms with van der Waals surface area (Å²) >= 11 is 7.45. The number of carbonyl (C=O) groups excluding carboxylic acids is 1. The molecule has 1 N–H and O–H groups in total. The van der Waals surface area contributed by atoms with Gasteiger partial charge in [-0.05, 0) is 14.1 Å². The minimum Gasteiger partial charge on any atom is -0.301 e. The molecule has 2 aromatic heterocycles. The molecule has 0 spiro atoms. The predicted octanol–water partition coefficient (Wildman–Crippen LogP) is 1.06. The molecule has 2 rings (SSSR count). The lowest BCUT2D eigenvalue weighted by molar-refractivity contribution is -0.121. The van der Waals surface area contributed by atoms with Crippen LogP contribution in [0.5, 0.6) is 0 Å². The van der Waals surface area contributed by atoms with Gasteiger partial charge in [-0.2, -0.15) is 5.10 Å². The summed E-state index contributed by atoms with van der Waals surface area (Å²) < 4.78 is 1.81. The molecule has 2 aromatic rings. The molecule has 2 heterocycles. The number of rotatable bonds is 4. The van der Waals surface area contributed by atoms with E-state index in [0.717, 1.165) is 4.96 Å². The second kappa shape index (κ2) is 5.47. The number of hydrazone groups is 1. The van der Waals surface area contributed by atoms with E-state index in [2.05, 4.69) is 15.5 Å². The number of amides is 1. The number of likely N-dealkylation sites (N-methyl/N-ethyl adjacent to an activating group) is 1. The van der Waals surface area contributed by atoms with Gasteiger partial charge in [0, 0.05) is 11.6 Å². The summed E-state index contributed by atoms with van der Waals surface area (Å²) in [4.78, 5) is 18.1. The number of halogens is 1. The minimum absolute atomic E-state index is 0.182. The van der Waals surface area contributed by atoms with E-state index in [1.54, 1.807) is 4.90 Å². The van der Waals surface area contributed by atoms with Gasteiger partial charge in [0.1, 0.15) is 5.69 Å². The molecule has 0 radical (unpaired) electrons. The van der Waals surface area contributed by atoms with E-state index in [1.165, 1.54) is 17.6 Å². The zero-order chi connectivity index (χ0) is 13.1. The van der Waals surface area contributed by atoms with Gasteiger partial charge in [-0.15, -0.1) is 11.3 Å². The molecule has 0 aliphatic carbocycles. The molecule has 0 bridgehead atoms. The number of aromatic nitrogens is 2. The van der Waals surface area contributed by atoms with Crippen molar-refractivity contribution in [2.45, 2.75) is 0 Å². The van der Waals surface area contributed by atoms with Crippen LogP contribution in [0.3, 0.4) is 0 Å². The number of nitrogens with zero attached hydrogens (tertiary/aromatic N) is 4. The fourth-order valence-corrected chi connectivity index (χ4v) is 2.37. The van der Waals surface area contributed by atoms with Crippen LogP contribution in [0.1, 0.15) is 5.69 Å². The van der Waals surface area contributed by atoms with Gasteiger partial charge in [-0.1, -0.05) is 11.6 Å². The monoisotopic (exact) mass is 285 g/mol. The van der Waals surface area contributed by atoms with Crippen molar-refractivity contribution in [2.24, 2.45) is 5.10 Å². The van der Waals surface area contributed by atoms with E-state index in [-0.39, 0.29) is 12.5 Å². The molecule has 0 aliphatic heterocycles. The lowest BCUT2D eigenvalue weighted by Gasteiger charge is -2.06. The Labute approximate surface area is 113 Å². The highest BCUT2D eigenvalue weighted by atomic mass is 35.5. The Kier molecular flexibility index (Phi) is 3.95. The smallest absolute Gasteiger partial charge is 0.254 e. The van der Waals surface area contributed by atoms with E-state index in [1.807, 2.05) is 30.1 Å². The summed E-state index contributed by atoms with van der Waals surface area (Å²) in [5.41, 5.74) is 3.08. The van der Waals surface area contributed by atoms with Crippen LogP contribution in [0.4, 0.5) is 0 Å². The molecule has 0 aromatic carbocycles. The van der Waals surface area contributed by atoms with Crippen molar-refractivity contribution < 1.29 is 4.79 Å². The van der Waals surface area contributed by atoms with Gasteiger partial charge in [-0.3, -0.25) is 9.20 Å². The molecule has 0 saturated heterocycles. The largest absolute Gasteiger partial charge is 0.301 e. The van der Waals surface area contributed by atoms with Crippen LogP contribution in [-0.4, -0.2) is 47.0 Å². The molecule has 0 saturated carbocycles. The molecular weight excluding hydrogens is 274 g/mol. The number of thiazole rings is 1. The second-order valence-corrected chi connectivity index (χ2v) is 5.11. The Balaban J connectivity index is 2.07. The van der Waals surface area contributed by atoms with Crippen molar-refractivity contribution in [3.8, 4) is 0 Å². The van der Waals surface area contributed by atoms with Gasteiger partial charge in [0.15, 0.2) is 10.1 Å². The van der Waals surface area contributed by atoms with Gasteiger partial charge in [0.25, 0.3) is 5.91 Å². The highest BCUT2D eigenvalue weighted by molar-refractivity contribution is 7.15. The number of nitrogens with one attached hydrogen (secondary N) is 1. The van der Waals surface area contributed by atoms with Crippen LogP contribution in [-0.2, 0) is 4.79 Å². The maximum Gasteiger partial charge on any atom is 0.254 e. The standard InChI is InChI=1S/C10H12ClN5OS/c1-15(2)6-8(17)14-12-5-7-9(11)13-10-16(7)3-4-18-10/h3-5H,6H2,1-2H3,(H,14,17)/b12-5+. The fourth-order valence-electron chi connectivity index (χ4n) is 1.38. The van der Waals surface area contributed by atoms with Crippen molar-refractivity contribution in [1.82, 2.24) is 19.7 Å². The topological polar surface area (TPSA) is 62.0 Å². The first-order valence-corrected chi connectivity index (χ1v) is 6.41. The predicted molar refractivity (Wildman–Crippen MR) is 72.4 cm³/mol. The molecular formula is C10H12ClN5OS. The Morgan fingerprint density at radius 1 is 1.72 bits per heavy atom. The molecule has 0 fully saturated rings. The summed E-state index contributed by atoms with van der Waals surface area (Å²) in [5, 5.41) is 6.14. The van der Waals surface area contributed by atoms with Crippen LogP contribution >= 0.6 is 22.9 Å². The zero-order valence-corrected chi connectivity index (χ0v) is 11.5. The third-order valence-corrected chi connectivity index (χ3v) is 3.12. The molecule has 96 valence electrons. The van der Waals surface area contributed by atoms with E-state index in [0.29, 0.717) is 10.8 Å². The zero-order valence-electron chi connectivity index (χ0n) is 9.92. The van der Waals surface area contributed by atoms with E-state index in [9.17, 15) is 4.79 Å². The molecule has 6 nitrogen and oxygen atoms in total. The summed E-state index contributed by atoms with van der Waals surface area (Å²) in [6.45, 7) is 0.283.